The lowest BCUT2D eigenvalue weighted by molar-refractivity contribution is -0.132. The highest BCUT2D eigenvalue weighted by Crippen LogP contribution is 2.53. The first-order valence-electron chi connectivity index (χ1n) is 12.7. The summed E-state index contributed by atoms with van der Waals surface area (Å²) in [6, 6.07) is 17.1. The Morgan fingerprint density at radius 1 is 1.14 bits per heavy atom. The molecule has 2 unspecified atom stereocenters. The molecule has 2 aromatic rings. The molecule has 1 heterocycles. The SMILES string of the molecule is CC(=O)Oc1cccc(C23CCN(C)CC2(O)CC[C@H](N(CC(C)C)C(=O)c2ccccc2)C3)c1. The minimum atomic E-state index is -0.926. The minimum absolute atomic E-state index is 0.00571. The Morgan fingerprint density at radius 3 is 2.57 bits per heavy atom. The van der Waals surface area contributed by atoms with E-state index in [2.05, 4.69) is 18.7 Å². The van der Waals surface area contributed by atoms with Gasteiger partial charge < -0.3 is 19.6 Å². The lowest BCUT2D eigenvalue weighted by atomic mass is 9.55. The molecular formula is C29H38N2O4. The van der Waals surface area contributed by atoms with Crippen molar-refractivity contribution in [3.63, 3.8) is 0 Å². The Labute approximate surface area is 208 Å². The Morgan fingerprint density at radius 2 is 1.89 bits per heavy atom. The molecule has 6 nitrogen and oxygen atoms in total. The third-order valence-electron chi connectivity index (χ3n) is 7.75. The molecule has 2 aliphatic rings. The van der Waals surface area contributed by atoms with Gasteiger partial charge in [0, 0.05) is 37.0 Å². The van der Waals surface area contributed by atoms with Crippen LogP contribution in [0, 0.1) is 5.92 Å². The first-order valence-corrected chi connectivity index (χ1v) is 12.7. The van der Waals surface area contributed by atoms with E-state index in [0.29, 0.717) is 43.2 Å². The first-order chi connectivity index (χ1) is 16.6. The summed E-state index contributed by atoms with van der Waals surface area (Å²) in [5.41, 5.74) is 0.214. The van der Waals surface area contributed by atoms with Crippen LogP contribution >= 0.6 is 0 Å². The standard InChI is InChI=1S/C29H38N2O4/c1-21(2)19-31(27(33)23-9-6-5-7-10-23)25-13-14-29(34)20-30(4)16-15-28(29,18-25)24-11-8-12-26(17-24)35-22(3)32/h5-12,17,21,25,34H,13-16,18-20H2,1-4H3/t25-,28?,29?/m0/s1. The van der Waals surface area contributed by atoms with Gasteiger partial charge in [0.2, 0.25) is 0 Å². The van der Waals surface area contributed by atoms with E-state index < -0.39 is 11.0 Å². The molecule has 1 saturated heterocycles. The van der Waals surface area contributed by atoms with Crippen LogP contribution in [0.15, 0.2) is 54.6 Å². The van der Waals surface area contributed by atoms with Crippen molar-refractivity contribution in [2.75, 3.05) is 26.7 Å². The van der Waals surface area contributed by atoms with Gasteiger partial charge in [-0.05, 0) is 75.0 Å². The van der Waals surface area contributed by atoms with Crippen molar-refractivity contribution in [3.05, 3.63) is 65.7 Å². The maximum absolute atomic E-state index is 13.7. The Kier molecular flexibility index (Phi) is 7.34. The van der Waals surface area contributed by atoms with E-state index in [9.17, 15) is 14.7 Å². The van der Waals surface area contributed by atoms with Gasteiger partial charge in [0.25, 0.3) is 5.91 Å². The number of nitrogens with zero attached hydrogens (tertiary/aromatic N) is 2. The lowest BCUT2D eigenvalue weighted by Gasteiger charge is -2.59. The number of amides is 1. The molecule has 4 rings (SSSR count). The summed E-state index contributed by atoms with van der Waals surface area (Å²) in [7, 11) is 2.05. The summed E-state index contributed by atoms with van der Waals surface area (Å²) in [4.78, 5) is 29.5. The van der Waals surface area contributed by atoms with E-state index in [1.54, 1.807) is 6.07 Å². The number of benzene rings is 2. The fourth-order valence-corrected chi connectivity index (χ4v) is 6.17. The van der Waals surface area contributed by atoms with Crippen LogP contribution in [0.4, 0.5) is 0 Å². The van der Waals surface area contributed by atoms with Crippen LogP contribution in [0.25, 0.3) is 0 Å². The van der Waals surface area contributed by atoms with E-state index in [1.165, 1.54) is 6.92 Å². The molecule has 1 aliphatic heterocycles. The predicted octanol–water partition coefficient (Wildman–Crippen LogP) is 4.27. The number of ether oxygens (including phenoxy) is 1. The van der Waals surface area contributed by atoms with E-state index in [-0.39, 0.29) is 17.9 Å². The second-order valence-corrected chi connectivity index (χ2v) is 10.8. The fraction of sp³-hybridized carbons (Fsp3) is 0.517. The quantitative estimate of drug-likeness (QED) is 0.496. The molecule has 1 amide bonds. The van der Waals surface area contributed by atoms with Crippen LogP contribution in [-0.4, -0.2) is 65.1 Å². The van der Waals surface area contributed by atoms with Crippen LogP contribution in [0.5, 0.6) is 5.75 Å². The van der Waals surface area contributed by atoms with E-state index in [0.717, 1.165) is 24.9 Å². The summed E-state index contributed by atoms with van der Waals surface area (Å²) >= 11 is 0. The molecule has 2 fully saturated rings. The fourth-order valence-electron chi connectivity index (χ4n) is 6.17. The van der Waals surface area contributed by atoms with Gasteiger partial charge >= 0.3 is 5.97 Å². The van der Waals surface area contributed by atoms with E-state index in [4.69, 9.17) is 4.74 Å². The van der Waals surface area contributed by atoms with Crippen molar-refractivity contribution in [1.82, 2.24) is 9.80 Å². The predicted molar refractivity (Wildman–Crippen MR) is 136 cm³/mol. The van der Waals surface area contributed by atoms with Crippen molar-refractivity contribution in [1.29, 1.82) is 0 Å². The van der Waals surface area contributed by atoms with Gasteiger partial charge in [-0.15, -0.1) is 0 Å². The third-order valence-corrected chi connectivity index (χ3v) is 7.75. The van der Waals surface area contributed by atoms with Gasteiger partial charge in [-0.25, -0.2) is 0 Å². The Bertz CT molecular complexity index is 1060. The third kappa shape index (κ3) is 5.14. The van der Waals surface area contributed by atoms with Crippen molar-refractivity contribution in [2.45, 2.75) is 63.5 Å². The highest BCUT2D eigenvalue weighted by molar-refractivity contribution is 5.94. The normalized spacial score (nSPS) is 26.7. The number of rotatable bonds is 6. The second kappa shape index (κ2) is 10.1. The van der Waals surface area contributed by atoms with Crippen molar-refractivity contribution < 1.29 is 19.4 Å². The van der Waals surface area contributed by atoms with Crippen LogP contribution in [0.2, 0.25) is 0 Å². The zero-order valence-electron chi connectivity index (χ0n) is 21.4. The molecule has 1 N–H and O–H groups in total. The number of likely N-dealkylation sites (N-methyl/N-ethyl adjacent to an activating group) is 1. The molecule has 0 aromatic heterocycles. The molecule has 3 atom stereocenters. The Balaban J connectivity index is 1.74. The van der Waals surface area contributed by atoms with Gasteiger partial charge in [-0.3, -0.25) is 9.59 Å². The second-order valence-electron chi connectivity index (χ2n) is 10.8. The number of carbonyl (C=O) groups is 2. The summed E-state index contributed by atoms with van der Waals surface area (Å²) in [6.45, 7) is 7.77. The Hall–Kier alpha value is -2.70. The maximum atomic E-state index is 13.7. The number of esters is 1. The summed E-state index contributed by atoms with van der Waals surface area (Å²) < 4.78 is 5.40. The lowest BCUT2D eigenvalue weighted by Crippen LogP contribution is -2.67. The monoisotopic (exact) mass is 478 g/mol. The molecule has 2 aromatic carbocycles. The van der Waals surface area contributed by atoms with Crippen molar-refractivity contribution in [2.24, 2.45) is 5.92 Å². The number of carbonyl (C=O) groups excluding carboxylic acids is 2. The molecule has 35 heavy (non-hydrogen) atoms. The topological polar surface area (TPSA) is 70.1 Å². The zero-order valence-corrected chi connectivity index (χ0v) is 21.4. The maximum Gasteiger partial charge on any atom is 0.308 e. The largest absolute Gasteiger partial charge is 0.427 e. The van der Waals surface area contributed by atoms with Crippen LogP contribution in [-0.2, 0) is 10.2 Å². The molecule has 6 heteroatoms. The number of piperidine rings is 1. The number of fused-ring (bicyclic) bond motifs is 1. The minimum Gasteiger partial charge on any atom is -0.427 e. The van der Waals surface area contributed by atoms with Crippen molar-refractivity contribution >= 4 is 11.9 Å². The molecular weight excluding hydrogens is 440 g/mol. The first kappa shape index (κ1) is 25.4. The number of β-amino-alcohol motifs (C(OH)–C–C–N with tert-alkyl or cyclic N) is 1. The zero-order chi connectivity index (χ0) is 25.2. The molecule has 1 saturated carbocycles. The number of aliphatic hydroxyl groups is 1. The van der Waals surface area contributed by atoms with Crippen molar-refractivity contribution in [3.8, 4) is 5.75 Å². The van der Waals surface area contributed by atoms with Gasteiger partial charge in [-0.1, -0.05) is 44.2 Å². The average Bonchev–Trinajstić information content (AvgIpc) is 2.82. The van der Waals surface area contributed by atoms with Gasteiger partial charge in [-0.2, -0.15) is 0 Å². The highest BCUT2D eigenvalue weighted by Gasteiger charge is 2.58. The van der Waals surface area contributed by atoms with Gasteiger partial charge in [0.1, 0.15) is 5.75 Å². The average molecular weight is 479 g/mol. The number of hydrogen-bond donors (Lipinski definition) is 1. The molecule has 0 spiro atoms. The van der Waals surface area contributed by atoms with Crippen LogP contribution in [0.3, 0.4) is 0 Å². The van der Waals surface area contributed by atoms with E-state index >= 15 is 0 Å². The van der Waals surface area contributed by atoms with Crippen LogP contribution < -0.4 is 4.74 Å². The van der Waals surface area contributed by atoms with Gasteiger partial charge in [0.05, 0.1) is 5.60 Å². The smallest absolute Gasteiger partial charge is 0.308 e. The summed E-state index contributed by atoms with van der Waals surface area (Å²) in [5, 5.41) is 12.1. The summed E-state index contributed by atoms with van der Waals surface area (Å²) in [6.07, 6.45) is 2.80. The molecule has 188 valence electrons. The number of hydrogen-bond acceptors (Lipinski definition) is 5. The molecule has 1 aliphatic carbocycles. The van der Waals surface area contributed by atoms with E-state index in [1.807, 2.05) is 60.5 Å². The molecule has 0 radical (unpaired) electrons. The number of likely N-dealkylation sites (tertiary alicyclic amines) is 1. The van der Waals surface area contributed by atoms with Crippen LogP contribution in [0.1, 0.15) is 62.4 Å². The molecule has 0 bridgehead atoms. The summed E-state index contributed by atoms with van der Waals surface area (Å²) in [5.74, 6) is 0.499. The highest BCUT2D eigenvalue weighted by atomic mass is 16.5. The van der Waals surface area contributed by atoms with Gasteiger partial charge in [0.15, 0.2) is 0 Å².